The molecule has 2 N–H and O–H groups in total. The van der Waals surface area contributed by atoms with Crippen LogP contribution in [0.1, 0.15) is 0 Å². The van der Waals surface area contributed by atoms with E-state index >= 15 is 0 Å². The Bertz CT molecular complexity index is 456. The van der Waals surface area contributed by atoms with Crippen molar-refractivity contribution in [3.05, 3.63) is 16.2 Å². The summed E-state index contributed by atoms with van der Waals surface area (Å²) in [5, 5.41) is 7.53. The van der Waals surface area contributed by atoms with E-state index < -0.39 is 0 Å². The molecule has 13 heavy (non-hydrogen) atoms. The van der Waals surface area contributed by atoms with Crippen molar-refractivity contribution in [2.24, 2.45) is 0 Å². The minimum absolute atomic E-state index is 0.461. The molecule has 2 heterocycles. The maximum atomic E-state index is 5.06. The van der Waals surface area contributed by atoms with Gasteiger partial charge in [0.2, 0.25) is 4.77 Å². The molecule has 0 bridgehead atoms. The van der Waals surface area contributed by atoms with Crippen molar-refractivity contribution >= 4 is 23.6 Å². The Morgan fingerprint density at radius 3 is 2.92 bits per heavy atom. The summed E-state index contributed by atoms with van der Waals surface area (Å²) in [6, 6.07) is 1.91. The smallest absolute Gasteiger partial charge is 0.213 e. The molecule has 0 atom stereocenters. The molecule has 0 aliphatic heterocycles. The summed E-state index contributed by atoms with van der Waals surface area (Å²) < 4.78 is 5.52. The third-order valence-electron chi connectivity index (χ3n) is 1.55. The number of H-pyrrole nitrogens is 2. The van der Waals surface area contributed by atoms with Crippen LogP contribution in [0.4, 0.5) is 0 Å². The van der Waals surface area contributed by atoms with Crippen LogP contribution >= 0.6 is 23.6 Å². The maximum Gasteiger partial charge on any atom is 0.213 e. The van der Waals surface area contributed by atoms with Gasteiger partial charge in [-0.1, -0.05) is 0 Å². The van der Waals surface area contributed by atoms with Crippen LogP contribution in [-0.2, 0) is 0 Å². The molecule has 0 spiro atoms. The van der Waals surface area contributed by atoms with E-state index in [2.05, 4.69) is 15.2 Å². The van der Waals surface area contributed by atoms with Crippen LogP contribution in [0.5, 0.6) is 5.75 Å². The fourth-order valence-electron chi connectivity index (χ4n) is 0.937. The molecule has 4 nitrogen and oxygen atoms in total. The van der Waals surface area contributed by atoms with Crippen LogP contribution in [0.3, 0.4) is 0 Å². The summed E-state index contributed by atoms with van der Waals surface area (Å²) in [5.41, 5.74) is 0. The second-order valence-corrected chi connectivity index (χ2v) is 3.66. The molecule has 0 aliphatic rings. The Hall–Kier alpha value is -1.14. The van der Waals surface area contributed by atoms with Crippen molar-refractivity contribution in [1.29, 1.82) is 0 Å². The Balaban J connectivity index is 2.40. The van der Waals surface area contributed by atoms with Crippen LogP contribution in [0.25, 0.3) is 10.7 Å². The second-order valence-electron chi connectivity index (χ2n) is 2.37. The largest absolute Gasteiger partial charge is 0.496 e. The number of hydrogen-bond acceptors (Lipinski definition) is 4. The summed E-state index contributed by atoms with van der Waals surface area (Å²) in [6.45, 7) is 0. The third kappa shape index (κ3) is 1.63. The summed E-state index contributed by atoms with van der Waals surface area (Å²) in [6.07, 6.45) is 0. The molecule has 68 valence electrons. The fraction of sp³-hybridized carbons (Fsp3) is 0.143. The first-order chi connectivity index (χ1) is 6.29. The standard InChI is InChI=1S/C7H7N3OS2/c1-11-4-2-5(13-3-4)6-8-7(12)10-9-6/h2-3H,1H3,(H2,8,9,10,12). The van der Waals surface area contributed by atoms with Crippen LogP contribution in [0, 0.1) is 4.77 Å². The lowest BCUT2D eigenvalue weighted by Crippen LogP contribution is -1.77. The molecule has 2 rings (SSSR count). The monoisotopic (exact) mass is 213 g/mol. The highest BCUT2D eigenvalue weighted by Crippen LogP contribution is 2.27. The van der Waals surface area contributed by atoms with E-state index in [0.717, 1.165) is 16.5 Å². The zero-order chi connectivity index (χ0) is 9.26. The zero-order valence-corrected chi connectivity index (χ0v) is 8.46. The zero-order valence-electron chi connectivity index (χ0n) is 6.83. The van der Waals surface area contributed by atoms with Crippen molar-refractivity contribution in [1.82, 2.24) is 15.2 Å². The van der Waals surface area contributed by atoms with Gasteiger partial charge < -0.3 is 4.74 Å². The highest BCUT2D eigenvalue weighted by molar-refractivity contribution is 7.71. The van der Waals surface area contributed by atoms with Crippen LogP contribution < -0.4 is 4.74 Å². The van der Waals surface area contributed by atoms with Gasteiger partial charge in [-0.25, -0.2) is 0 Å². The number of nitrogens with zero attached hydrogens (tertiary/aromatic N) is 1. The number of rotatable bonds is 2. The SMILES string of the molecule is COc1csc(-c2nc(=S)[nH][nH]2)c1. The molecule has 2 aromatic heterocycles. The minimum atomic E-state index is 0.461. The van der Waals surface area contributed by atoms with Gasteiger partial charge in [0.05, 0.1) is 12.0 Å². The van der Waals surface area contributed by atoms with E-state index in [9.17, 15) is 0 Å². The van der Waals surface area contributed by atoms with E-state index in [4.69, 9.17) is 17.0 Å². The van der Waals surface area contributed by atoms with Crippen molar-refractivity contribution in [3.8, 4) is 16.5 Å². The molecule has 0 fully saturated rings. The van der Waals surface area contributed by atoms with Gasteiger partial charge in [0.15, 0.2) is 5.82 Å². The van der Waals surface area contributed by atoms with Gasteiger partial charge in [-0.2, -0.15) is 4.98 Å². The van der Waals surface area contributed by atoms with Gasteiger partial charge in [-0.05, 0) is 12.2 Å². The molecule has 0 aliphatic carbocycles. The van der Waals surface area contributed by atoms with Gasteiger partial charge in [-0.15, -0.1) is 11.3 Å². The maximum absolute atomic E-state index is 5.06. The van der Waals surface area contributed by atoms with E-state index in [1.54, 1.807) is 18.4 Å². The first kappa shape index (κ1) is 8.46. The third-order valence-corrected chi connectivity index (χ3v) is 2.65. The van der Waals surface area contributed by atoms with Crippen LogP contribution in [0.2, 0.25) is 0 Å². The number of nitrogens with one attached hydrogen (secondary N) is 2. The summed E-state index contributed by atoms with van der Waals surface area (Å²) >= 11 is 6.40. The van der Waals surface area contributed by atoms with Crippen molar-refractivity contribution in [3.63, 3.8) is 0 Å². The first-order valence-corrected chi connectivity index (χ1v) is 4.86. The van der Waals surface area contributed by atoms with Gasteiger partial charge in [0.25, 0.3) is 0 Å². The Morgan fingerprint density at radius 1 is 1.54 bits per heavy atom. The van der Waals surface area contributed by atoms with Crippen molar-refractivity contribution in [2.75, 3.05) is 7.11 Å². The van der Waals surface area contributed by atoms with E-state index in [1.807, 2.05) is 11.4 Å². The first-order valence-electron chi connectivity index (χ1n) is 3.57. The predicted octanol–water partition coefficient (Wildman–Crippen LogP) is 2.20. The van der Waals surface area contributed by atoms with Crippen LogP contribution in [-0.4, -0.2) is 22.3 Å². The van der Waals surface area contributed by atoms with Crippen molar-refractivity contribution < 1.29 is 4.74 Å². The summed E-state index contributed by atoms with van der Waals surface area (Å²) in [7, 11) is 1.64. The van der Waals surface area contributed by atoms with E-state index in [1.165, 1.54) is 0 Å². The lowest BCUT2D eigenvalue weighted by atomic mass is 10.4. The minimum Gasteiger partial charge on any atom is -0.496 e. The molecule has 0 saturated heterocycles. The number of aromatic amines is 2. The molecule has 0 amide bonds. The van der Waals surface area contributed by atoms with Gasteiger partial charge in [-0.3, -0.25) is 10.2 Å². The Morgan fingerprint density at radius 2 is 2.38 bits per heavy atom. The lowest BCUT2D eigenvalue weighted by molar-refractivity contribution is 0.417. The number of hydrogen-bond donors (Lipinski definition) is 2. The molecular formula is C7H7N3OS2. The fourth-order valence-corrected chi connectivity index (χ4v) is 1.88. The van der Waals surface area contributed by atoms with E-state index in [-0.39, 0.29) is 0 Å². The molecule has 0 aromatic carbocycles. The Labute approximate surface area is 83.6 Å². The molecule has 6 heteroatoms. The molecule has 2 aromatic rings. The number of ether oxygens (including phenoxy) is 1. The average Bonchev–Trinajstić information content (AvgIpc) is 2.71. The van der Waals surface area contributed by atoms with Crippen molar-refractivity contribution in [2.45, 2.75) is 0 Å². The van der Waals surface area contributed by atoms with Gasteiger partial charge in [0, 0.05) is 11.4 Å². The molecule has 0 radical (unpaired) electrons. The molecule has 0 saturated carbocycles. The highest BCUT2D eigenvalue weighted by Gasteiger charge is 2.04. The lowest BCUT2D eigenvalue weighted by Gasteiger charge is -1.89. The topological polar surface area (TPSA) is 53.7 Å². The summed E-state index contributed by atoms with van der Waals surface area (Å²) in [4.78, 5) is 5.09. The average molecular weight is 213 g/mol. The van der Waals surface area contributed by atoms with E-state index in [0.29, 0.717) is 4.77 Å². The summed E-state index contributed by atoms with van der Waals surface area (Å²) in [5.74, 6) is 1.58. The number of thiophene rings is 1. The highest BCUT2D eigenvalue weighted by atomic mass is 32.1. The normalized spacial score (nSPS) is 10.2. The number of aromatic nitrogens is 3. The van der Waals surface area contributed by atoms with Gasteiger partial charge >= 0.3 is 0 Å². The predicted molar refractivity (Wildman–Crippen MR) is 53.6 cm³/mol. The Kier molecular flexibility index (Phi) is 2.15. The quantitative estimate of drug-likeness (QED) is 0.752. The molecular weight excluding hydrogens is 206 g/mol. The van der Waals surface area contributed by atoms with Gasteiger partial charge in [0.1, 0.15) is 5.75 Å². The molecule has 0 unspecified atom stereocenters. The van der Waals surface area contributed by atoms with Crippen LogP contribution in [0.15, 0.2) is 11.4 Å². The second kappa shape index (κ2) is 3.31. The number of methoxy groups -OCH3 is 1.